The molecule has 0 aliphatic carbocycles. The summed E-state index contributed by atoms with van der Waals surface area (Å²) in [5, 5.41) is 19.2. The summed E-state index contributed by atoms with van der Waals surface area (Å²) in [6.45, 7) is 3.49. The molecular weight excluding hydrogens is 516 g/mol. The fraction of sp³-hybridized carbons (Fsp3) is 0.107. The average molecular weight is 541 g/mol. The first kappa shape index (κ1) is 25.7. The van der Waals surface area contributed by atoms with Gasteiger partial charge in [-0.3, -0.25) is 9.69 Å². The van der Waals surface area contributed by atoms with Crippen molar-refractivity contribution in [2.24, 2.45) is 10.2 Å². The van der Waals surface area contributed by atoms with Crippen molar-refractivity contribution in [3.8, 4) is 0 Å². The lowest BCUT2D eigenvalue weighted by Gasteiger charge is -2.25. The van der Waals surface area contributed by atoms with Crippen LogP contribution in [0.25, 0.3) is 0 Å². The molecule has 1 aliphatic heterocycles. The van der Waals surface area contributed by atoms with Crippen molar-refractivity contribution < 1.29 is 18.3 Å². The maximum absolute atomic E-state index is 13.4. The molecule has 1 amide bonds. The molecule has 196 valence electrons. The highest BCUT2D eigenvalue weighted by Crippen LogP contribution is 2.40. The Morgan fingerprint density at radius 2 is 1.44 bits per heavy atom. The Kier molecular flexibility index (Phi) is 6.90. The van der Waals surface area contributed by atoms with Gasteiger partial charge in [-0.25, -0.2) is 23.1 Å². The van der Waals surface area contributed by atoms with Crippen molar-refractivity contribution in [2.75, 3.05) is 9.62 Å². The summed E-state index contributed by atoms with van der Waals surface area (Å²) in [5.74, 6) is -0.752. The number of aryl methyl sites for hydroxylation is 2. The minimum atomic E-state index is -3.94. The number of carbonyl (C=O) groups excluding carboxylic acids is 1. The molecule has 2 heterocycles. The van der Waals surface area contributed by atoms with E-state index < -0.39 is 22.0 Å². The van der Waals surface area contributed by atoms with Crippen molar-refractivity contribution in [3.05, 3.63) is 119 Å². The lowest BCUT2D eigenvalue weighted by molar-refractivity contribution is -0.114. The van der Waals surface area contributed by atoms with Gasteiger partial charge in [0, 0.05) is 17.1 Å². The number of para-hydroxylation sites is 1. The van der Waals surface area contributed by atoms with Crippen molar-refractivity contribution in [2.45, 2.75) is 24.8 Å². The summed E-state index contributed by atoms with van der Waals surface area (Å²) < 4.78 is 28.0. The Hall–Kier alpha value is -4.90. The number of rotatable bonds is 7. The molecular formula is C28H24N6O4S. The van der Waals surface area contributed by atoms with Crippen molar-refractivity contribution in [3.63, 3.8) is 0 Å². The predicted octanol–water partition coefficient (Wildman–Crippen LogP) is 5.54. The van der Waals surface area contributed by atoms with Gasteiger partial charge in [0.1, 0.15) is 6.04 Å². The third kappa shape index (κ3) is 5.39. The van der Waals surface area contributed by atoms with E-state index in [9.17, 15) is 18.3 Å². The summed E-state index contributed by atoms with van der Waals surface area (Å²) in [6.07, 6.45) is 0. The molecule has 0 spiro atoms. The number of carbonyl (C=O) groups is 1. The van der Waals surface area contributed by atoms with Gasteiger partial charge in [-0.05, 0) is 61.9 Å². The fourth-order valence-electron chi connectivity index (χ4n) is 4.23. The molecule has 39 heavy (non-hydrogen) atoms. The molecule has 5 rings (SSSR count). The van der Waals surface area contributed by atoms with Crippen LogP contribution < -0.4 is 9.62 Å². The van der Waals surface area contributed by atoms with E-state index >= 15 is 0 Å². The predicted molar refractivity (Wildman–Crippen MR) is 146 cm³/mol. The molecule has 2 N–H and O–H groups in total. The number of nitrogens with zero attached hydrogens (tertiary/aromatic N) is 5. The number of nitrogens with one attached hydrogen (secondary N) is 1. The van der Waals surface area contributed by atoms with E-state index in [1.165, 1.54) is 29.2 Å². The van der Waals surface area contributed by atoms with E-state index in [0.29, 0.717) is 28.3 Å². The summed E-state index contributed by atoms with van der Waals surface area (Å²) in [6, 6.07) is 24.7. The van der Waals surface area contributed by atoms with Crippen molar-refractivity contribution in [1.29, 1.82) is 0 Å². The Labute approximate surface area is 225 Å². The van der Waals surface area contributed by atoms with Gasteiger partial charge in [-0.1, -0.05) is 48.5 Å². The highest BCUT2D eigenvalue weighted by atomic mass is 32.2. The second-order valence-corrected chi connectivity index (χ2v) is 10.5. The SMILES string of the molecule is Cc1cc(C)nc(NS(=O)(=O)c2ccc(N=NC3=C(O)[C@@H](c4ccccc4)N(c4ccccc4)C3=O)cc2)n1. The maximum atomic E-state index is 13.4. The number of hydrogen-bond donors (Lipinski definition) is 2. The summed E-state index contributed by atoms with van der Waals surface area (Å²) >= 11 is 0. The quantitative estimate of drug-likeness (QED) is 0.296. The number of amides is 1. The van der Waals surface area contributed by atoms with E-state index in [4.69, 9.17) is 0 Å². The van der Waals surface area contributed by atoms with Crippen LogP contribution in [0.4, 0.5) is 17.3 Å². The van der Waals surface area contributed by atoms with Gasteiger partial charge >= 0.3 is 0 Å². The number of benzene rings is 3. The Bertz CT molecular complexity index is 1670. The molecule has 0 bridgehead atoms. The number of aliphatic hydroxyl groups excluding tert-OH is 1. The largest absolute Gasteiger partial charge is 0.507 e. The van der Waals surface area contributed by atoms with Crippen LogP contribution in [0.5, 0.6) is 0 Å². The maximum Gasteiger partial charge on any atom is 0.283 e. The molecule has 1 atom stereocenters. The molecule has 3 aromatic carbocycles. The topological polar surface area (TPSA) is 137 Å². The number of aromatic nitrogens is 2. The molecule has 1 aromatic heterocycles. The lowest BCUT2D eigenvalue weighted by Crippen LogP contribution is -2.30. The summed E-state index contributed by atoms with van der Waals surface area (Å²) in [5.41, 5.74) is 2.68. The number of aliphatic hydroxyl groups is 1. The molecule has 11 heteroatoms. The second-order valence-electron chi connectivity index (χ2n) is 8.83. The molecule has 0 fully saturated rings. The van der Waals surface area contributed by atoms with Gasteiger partial charge < -0.3 is 5.11 Å². The monoisotopic (exact) mass is 540 g/mol. The smallest absolute Gasteiger partial charge is 0.283 e. The van der Waals surface area contributed by atoms with Crippen LogP contribution in [0.3, 0.4) is 0 Å². The van der Waals surface area contributed by atoms with Gasteiger partial charge in [-0.15, -0.1) is 5.11 Å². The van der Waals surface area contributed by atoms with Crippen LogP contribution in [0, 0.1) is 13.8 Å². The molecule has 0 saturated heterocycles. The molecule has 1 aliphatic rings. The van der Waals surface area contributed by atoms with Gasteiger partial charge in [0.2, 0.25) is 5.95 Å². The third-order valence-corrected chi connectivity index (χ3v) is 7.30. The first-order valence-electron chi connectivity index (χ1n) is 12.0. The number of hydrogen-bond acceptors (Lipinski definition) is 8. The summed E-state index contributed by atoms with van der Waals surface area (Å²) in [4.78, 5) is 23.0. The van der Waals surface area contributed by atoms with E-state index in [1.807, 2.05) is 36.4 Å². The Morgan fingerprint density at radius 1 is 0.846 bits per heavy atom. The van der Waals surface area contributed by atoms with Crippen LogP contribution in [0.1, 0.15) is 23.0 Å². The summed E-state index contributed by atoms with van der Waals surface area (Å²) in [7, 11) is -3.94. The fourth-order valence-corrected chi connectivity index (χ4v) is 5.18. The van der Waals surface area contributed by atoms with Crippen molar-refractivity contribution in [1.82, 2.24) is 9.97 Å². The van der Waals surface area contributed by atoms with Crippen LogP contribution in [0.15, 0.2) is 118 Å². The average Bonchev–Trinajstić information content (AvgIpc) is 3.17. The Balaban J connectivity index is 1.40. The lowest BCUT2D eigenvalue weighted by atomic mass is 10.0. The van der Waals surface area contributed by atoms with E-state index in [1.54, 1.807) is 44.2 Å². The zero-order valence-corrected chi connectivity index (χ0v) is 21.9. The van der Waals surface area contributed by atoms with E-state index in [-0.39, 0.29) is 22.3 Å². The van der Waals surface area contributed by atoms with Crippen LogP contribution >= 0.6 is 0 Å². The zero-order chi connectivity index (χ0) is 27.6. The highest BCUT2D eigenvalue weighted by Gasteiger charge is 2.42. The molecule has 4 aromatic rings. The third-order valence-electron chi connectivity index (χ3n) is 5.95. The number of anilines is 2. The van der Waals surface area contributed by atoms with Crippen molar-refractivity contribution >= 4 is 33.3 Å². The van der Waals surface area contributed by atoms with E-state index in [2.05, 4.69) is 24.9 Å². The Morgan fingerprint density at radius 3 is 2.05 bits per heavy atom. The van der Waals surface area contributed by atoms with Gasteiger partial charge in [0.25, 0.3) is 15.9 Å². The van der Waals surface area contributed by atoms with Crippen LogP contribution in [0.2, 0.25) is 0 Å². The van der Waals surface area contributed by atoms with E-state index in [0.717, 1.165) is 0 Å². The molecule has 0 unspecified atom stereocenters. The normalized spacial score (nSPS) is 15.8. The zero-order valence-electron chi connectivity index (χ0n) is 21.1. The van der Waals surface area contributed by atoms with Crippen LogP contribution in [-0.4, -0.2) is 29.4 Å². The van der Waals surface area contributed by atoms with Crippen LogP contribution in [-0.2, 0) is 14.8 Å². The molecule has 0 radical (unpaired) electrons. The number of azo groups is 1. The first-order chi connectivity index (χ1) is 18.7. The molecule has 0 saturated carbocycles. The van der Waals surface area contributed by atoms with Gasteiger partial charge in [0.05, 0.1) is 10.6 Å². The minimum absolute atomic E-state index is 0.0191. The second kappa shape index (κ2) is 10.5. The van der Waals surface area contributed by atoms with Gasteiger partial charge in [-0.2, -0.15) is 5.11 Å². The van der Waals surface area contributed by atoms with Gasteiger partial charge in [0.15, 0.2) is 11.5 Å². The standard InChI is InChI=1S/C28H24N6O4S/c1-18-17-19(2)30-28(29-18)33-39(37,38)23-15-13-21(14-16-23)31-32-24-26(35)25(20-9-5-3-6-10-20)34(27(24)36)22-11-7-4-8-12-22/h3-17,25,35H,1-2H3,(H,29,30,33)/t25-/m1/s1. The molecule has 10 nitrogen and oxygen atoms in total. The minimum Gasteiger partial charge on any atom is -0.507 e. The number of sulfonamides is 1. The first-order valence-corrected chi connectivity index (χ1v) is 13.4. The highest BCUT2D eigenvalue weighted by molar-refractivity contribution is 7.92.